The summed E-state index contributed by atoms with van der Waals surface area (Å²) in [5.41, 5.74) is 4.65. The molecule has 1 aliphatic rings. The van der Waals surface area contributed by atoms with E-state index in [1.54, 1.807) is 0 Å². The fourth-order valence-electron chi connectivity index (χ4n) is 3.59. The molecule has 0 atom stereocenters. The van der Waals surface area contributed by atoms with Gasteiger partial charge >= 0.3 is 0 Å². The van der Waals surface area contributed by atoms with Gasteiger partial charge in [0.25, 0.3) is 0 Å². The number of nitrogens with one attached hydrogen (secondary N) is 2. The van der Waals surface area contributed by atoms with Crippen molar-refractivity contribution in [2.24, 2.45) is 12.0 Å². The van der Waals surface area contributed by atoms with Crippen molar-refractivity contribution >= 4 is 5.96 Å². The number of likely N-dealkylation sites (tertiary alicyclic amines) is 1. The Morgan fingerprint density at radius 2 is 2.04 bits per heavy atom. The summed E-state index contributed by atoms with van der Waals surface area (Å²) < 4.78 is 1.93. The molecule has 2 N–H and O–H groups in total. The summed E-state index contributed by atoms with van der Waals surface area (Å²) in [6, 6.07) is 6.57. The van der Waals surface area contributed by atoms with E-state index in [1.165, 1.54) is 11.3 Å². The van der Waals surface area contributed by atoms with E-state index in [1.807, 2.05) is 31.0 Å². The number of aliphatic imine (C=N–C) groups is 1. The van der Waals surface area contributed by atoms with Crippen LogP contribution in [-0.2, 0) is 20.1 Å². The molecule has 146 valence electrons. The first-order valence-electron chi connectivity index (χ1n) is 9.65. The monoisotopic (exact) mass is 369 g/mol. The first kappa shape index (κ1) is 19.4. The number of hydrogen-bond donors (Lipinski definition) is 2. The summed E-state index contributed by atoms with van der Waals surface area (Å²) >= 11 is 0. The van der Waals surface area contributed by atoms with Crippen LogP contribution in [0.1, 0.15) is 35.5 Å². The van der Waals surface area contributed by atoms with Gasteiger partial charge in [0.05, 0.1) is 11.4 Å². The van der Waals surface area contributed by atoms with Gasteiger partial charge in [0.2, 0.25) is 0 Å². The summed E-state index contributed by atoms with van der Waals surface area (Å²) in [6.45, 7) is 7.98. The summed E-state index contributed by atoms with van der Waals surface area (Å²) in [7, 11) is 3.81. The van der Waals surface area contributed by atoms with Crippen molar-refractivity contribution in [3.05, 3.63) is 47.0 Å². The molecule has 7 heteroatoms. The summed E-state index contributed by atoms with van der Waals surface area (Å²) in [5, 5.41) is 11.5. The Hall–Kier alpha value is -2.41. The molecule has 3 heterocycles. The molecule has 7 nitrogen and oxygen atoms in total. The number of guanidine groups is 1. The van der Waals surface area contributed by atoms with Gasteiger partial charge in [-0.05, 0) is 38.8 Å². The van der Waals surface area contributed by atoms with Crippen LogP contribution in [0.4, 0.5) is 0 Å². The molecule has 0 amide bonds. The minimum atomic E-state index is 0.451. The van der Waals surface area contributed by atoms with Gasteiger partial charge < -0.3 is 10.6 Å². The minimum Gasteiger partial charge on any atom is -0.354 e. The Balaban J connectivity index is 1.45. The van der Waals surface area contributed by atoms with Crippen LogP contribution in [0.3, 0.4) is 0 Å². The molecule has 0 bridgehead atoms. The Labute approximate surface area is 161 Å². The molecular weight excluding hydrogens is 338 g/mol. The van der Waals surface area contributed by atoms with Crippen LogP contribution in [0.15, 0.2) is 29.4 Å². The molecule has 2 aromatic heterocycles. The molecular formula is C20H31N7. The molecule has 0 radical (unpaired) electrons. The van der Waals surface area contributed by atoms with Crippen molar-refractivity contribution in [3.63, 3.8) is 0 Å². The van der Waals surface area contributed by atoms with Crippen molar-refractivity contribution in [2.75, 3.05) is 20.1 Å². The third-order valence-electron chi connectivity index (χ3n) is 5.36. The SMILES string of the molecule is CN=C(NCc1c(C)nn(C)c1C)NC1CCN(Cc2ccccn2)CC1. The van der Waals surface area contributed by atoms with E-state index in [2.05, 4.69) is 56.6 Å². The van der Waals surface area contributed by atoms with Gasteiger partial charge in [0.15, 0.2) is 5.96 Å². The molecule has 1 fully saturated rings. The second-order valence-electron chi connectivity index (χ2n) is 7.21. The maximum absolute atomic E-state index is 4.48. The second-order valence-corrected chi connectivity index (χ2v) is 7.21. The lowest BCUT2D eigenvalue weighted by Crippen LogP contribution is -2.48. The van der Waals surface area contributed by atoms with E-state index >= 15 is 0 Å². The fraction of sp³-hybridized carbons (Fsp3) is 0.550. The normalized spacial score (nSPS) is 16.5. The fourth-order valence-corrected chi connectivity index (χ4v) is 3.59. The zero-order valence-electron chi connectivity index (χ0n) is 16.9. The van der Waals surface area contributed by atoms with E-state index in [0.717, 1.165) is 56.4 Å². The standard InChI is InChI=1S/C20H31N7/c1-15-19(16(2)26(4)25-15)13-23-20(21-3)24-17-8-11-27(12-9-17)14-18-7-5-6-10-22-18/h5-7,10,17H,8-9,11-14H2,1-4H3,(H2,21,23,24). The Morgan fingerprint density at radius 1 is 1.26 bits per heavy atom. The summed E-state index contributed by atoms with van der Waals surface area (Å²) in [4.78, 5) is 11.3. The van der Waals surface area contributed by atoms with Gasteiger partial charge in [-0.15, -0.1) is 0 Å². The van der Waals surface area contributed by atoms with E-state index in [9.17, 15) is 0 Å². The van der Waals surface area contributed by atoms with Crippen LogP contribution in [0, 0.1) is 13.8 Å². The average molecular weight is 370 g/mol. The third-order valence-corrected chi connectivity index (χ3v) is 5.36. The van der Waals surface area contributed by atoms with Gasteiger partial charge in [-0.3, -0.25) is 19.6 Å². The first-order valence-corrected chi connectivity index (χ1v) is 9.65. The highest BCUT2D eigenvalue weighted by molar-refractivity contribution is 5.80. The molecule has 2 aromatic rings. The van der Waals surface area contributed by atoms with Crippen LogP contribution in [0.5, 0.6) is 0 Å². The number of aryl methyl sites for hydroxylation is 2. The number of aromatic nitrogens is 3. The smallest absolute Gasteiger partial charge is 0.191 e. The molecule has 0 unspecified atom stereocenters. The zero-order chi connectivity index (χ0) is 19.2. The van der Waals surface area contributed by atoms with E-state index < -0.39 is 0 Å². The minimum absolute atomic E-state index is 0.451. The van der Waals surface area contributed by atoms with Crippen molar-refractivity contribution < 1.29 is 0 Å². The number of piperidine rings is 1. The van der Waals surface area contributed by atoms with Gasteiger partial charge in [0, 0.05) is 63.8 Å². The van der Waals surface area contributed by atoms with E-state index in [4.69, 9.17) is 0 Å². The van der Waals surface area contributed by atoms with Crippen LogP contribution >= 0.6 is 0 Å². The van der Waals surface area contributed by atoms with Gasteiger partial charge in [0.1, 0.15) is 0 Å². The highest BCUT2D eigenvalue weighted by atomic mass is 15.3. The van der Waals surface area contributed by atoms with Gasteiger partial charge in [-0.2, -0.15) is 5.10 Å². The van der Waals surface area contributed by atoms with Crippen molar-refractivity contribution in [3.8, 4) is 0 Å². The summed E-state index contributed by atoms with van der Waals surface area (Å²) in [5.74, 6) is 0.862. The van der Waals surface area contributed by atoms with Crippen molar-refractivity contribution in [1.82, 2.24) is 30.3 Å². The topological polar surface area (TPSA) is 70.4 Å². The number of rotatable bonds is 5. The van der Waals surface area contributed by atoms with Crippen LogP contribution in [-0.4, -0.2) is 51.8 Å². The molecule has 0 aromatic carbocycles. The Bertz CT molecular complexity index is 758. The lowest BCUT2D eigenvalue weighted by atomic mass is 10.0. The van der Waals surface area contributed by atoms with Crippen LogP contribution in [0.2, 0.25) is 0 Å². The first-order chi connectivity index (χ1) is 13.1. The van der Waals surface area contributed by atoms with E-state index in [0.29, 0.717) is 6.04 Å². The molecule has 1 aliphatic heterocycles. The predicted molar refractivity (Wildman–Crippen MR) is 109 cm³/mol. The highest BCUT2D eigenvalue weighted by Crippen LogP contribution is 2.14. The lowest BCUT2D eigenvalue weighted by molar-refractivity contribution is 0.196. The molecule has 3 rings (SSSR count). The molecule has 27 heavy (non-hydrogen) atoms. The molecule has 0 aliphatic carbocycles. The summed E-state index contributed by atoms with van der Waals surface area (Å²) in [6.07, 6.45) is 4.09. The lowest BCUT2D eigenvalue weighted by Gasteiger charge is -2.32. The van der Waals surface area contributed by atoms with Crippen molar-refractivity contribution in [2.45, 2.75) is 45.8 Å². The maximum atomic E-state index is 4.48. The Kier molecular flexibility index (Phi) is 6.45. The quantitative estimate of drug-likeness (QED) is 0.621. The number of pyridine rings is 1. The number of nitrogens with zero attached hydrogens (tertiary/aromatic N) is 5. The van der Waals surface area contributed by atoms with Gasteiger partial charge in [-0.25, -0.2) is 0 Å². The molecule has 0 saturated carbocycles. The maximum Gasteiger partial charge on any atom is 0.191 e. The second kappa shape index (κ2) is 8.99. The van der Waals surface area contributed by atoms with Crippen LogP contribution < -0.4 is 10.6 Å². The van der Waals surface area contributed by atoms with Crippen LogP contribution in [0.25, 0.3) is 0 Å². The predicted octanol–water partition coefficient (Wildman–Crippen LogP) is 1.76. The Morgan fingerprint density at radius 3 is 2.63 bits per heavy atom. The third kappa shape index (κ3) is 5.07. The van der Waals surface area contributed by atoms with E-state index in [-0.39, 0.29) is 0 Å². The molecule has 1 saturated heterocycles. The van der Waals surface area contributed by atoms with Crippen molar-refractivity contribution in [1.29, 1.82) is 0 Å². The largest absolute Gasteiger partial charge is 0.354 e. The molecule has 0 spiro atoms. The zero-order valence-corrected chi connectivity index (χ0v) is 16.9. The highest BCUT2D eigenvalue weighted by Gasteiger charge is 2.20. The number of hydrogen-bond acceptors (Lipinski definition) is 4. The van der Waals surface area contributed by atoms with Gasteiger partial charge in [-0.1, -0.05) is 6.07 Å². The average Bonchev–Trinajstić information content (AvgIpc) is 2.93.